The van der Waals surface area contributed by atoms with E-state index in [0.29, 0.717) is 24.0 Å². The maximum atomic E-state index is 13.2. The molecule has 0 saturated carbocycles. The number of nitrogens with zero attached hydrogens (tertiary/aromatic N) is 4. The fraction of sp³-hybridized carbons (Fsp3) is 0.611. The van der Waals surface area contributed by atoms with Crippen LogP contribution in [0.3, 0.4) is 0 Å². The topological polar surface area (TPSA) is 83.5 Å². The average molecular weight is 409 g/mol. The minimum atomic E-state index is -3.70. The molecule has 2 aliphatic rings. The van der Waals surface area contributed by atoms with Gasteiger partial charge >= 0.3 is 0 Å². The number of aromatic nitrogens is 2. The molecule has 4 rings (SSSR count). The molecule has 146 valence electrons. The van der Waals surface area contributed by atoms with Crippen LogP contribution in [-0.4, -0.2) is 58.0 Å². The quantitative estimate of drug-likeness (QED) is 0.779. The van der Waals surface area contributed by atoms with Crippen molar-refractivity contribution in [2.24, 2.45) is 5.92 Å². The van der Waals surface area contributed by atoms with Gasteiger partial charge in [-0.25, -0.2) is 8.42 Å². The molecule has 1 amide bonds. The van der Waals surface area contributed by atoms with Gasteiger partial charge in [0.25, 0.3) is 0 Å². The number of sulfonamides is 1. The summed E-state index contributed by atoms with van der Waals surface area (Å²) in [5.74, 6) is -0.155. The number of likely N-dealkylation sites (tertiary alicyclic amines) is 1. The molecule has 1 aromatic heterocycles. The van der Waals surface area contributed by atoms with Gasteiger partial charge in [-0.1, -0.05) is 6.07 Å². The van der Waals surface area contributed by atoms with Crippen LogP contribution in [-0.2, 0) is 14.8 Å². The highest BCUT2D eigenvalue weighted by molar-refractivity contribution is 7.89. The lowest BCUT2D eigenvalue weighted by atomic mass is 9.95. The maximum Gasteiger partial charge on any atom is 0.245 e. The Labute approximate surface area is 163 Å². The number of hydrogen-bond acceptors (Lipinski definition) is 6. The third-order valence-corrected chi connectivity index (χ3v) is 8.13. The SMILES string of the molecule is C[C@@H]1CCCCN1C(=O)[C@@H]1CCCN(S(=O)(=O)c2cccc3nsnc23)C1. The van der Waals surface area contributed by atoms with Crippen molar-refractivity contribution in [1.29, 1.82) is 0 Å². The minimum absolute atomic E-state index is 0.107. The van der Waals surface area contributed by atoms with E-state index >= 15 is 0 Å². The fourth-order valence-electron chi connectivity index (χ4n) is 4.15. The van der Waals surface area contributed by atoms with Crippen LogP contribution in [0.25, 0.3) is 11.0 Å². The molecule has 2 fully saturated rings. The van der Waals surface area contributed by atoms with E-state index in [1.165, 1.54) is 4.31 Å². The number of hydrogen-bond donors (Lipinski definition) is 0. The summed E-state index contributed by atoms with van der Waals surface area (Å²) in [4.78, 5) is 15.2. The third kappa shape index (κ3) is 3.48. The van der Waals surface area contributed by atoms with Crippen LogP contribution in [0.4, 0.5) is 0 Å². The lowest BCUT2D eigenvalue weighted by Gasteiger charge is -2.38. The van der Waals surface area contributed by atoms with Crippen molar-refractivity contribution >= 4 is 38.7 Å². The average Bonchev–Trinajstić information content (AvgIpc) is 3.16. The van der Waals surface area contributed by atoms with Crippen LogP contribution in [0.15, 0.2) is 23.1 Å². The van der Waals surface area contributed by atoms with Crippen molar-refractivity contribution in [3.8, 4) is 0 Å². The van der Waals surface area contributed by atoms with Crippen molar-refractivity contribution in [2.75, 3.05) is 19.6 Å². The van der Waals surface area contributed by atoms with E-state index in [2.05, 4.69) is 15.7 Å². The fourth-order valence-corrected chi connectivity index (χ4v) is 6.43. The first kappa shape index (κ1) is 18.8. The number of piperidine rings is 2. The zero-order valence-electron chi connectivity index (χ0n) is 15.4. The Balaban J connectivity index is 1.57. The number of carbonyl (C=O) groups excluding carboxylic acids is 1. The van der Waals surface area contributed by atoms with Crippen molar-refractivity contribution in [2.45, 2.75) is 50.0 Å². The lowest BCUT2D eigenvalue weighted by molar-refractivity contribution is -0.140. The van der Waals surface area contributed by atoms with Gasteiger partial charge < -0.3 is 4.90 Å². The number of benzene rings is 1. The van der Waals surface area contributed by atoms with Crippen LogP contribution in [0.1, 0.15) is 39.0 Å². The van der Waals surface area contributed by atoms with Crippen LogP contribution in [0.2, 0.25) is 0 Å². The molecule has 0 spiro atoms. The van der Waals surface area contributed by atoms with E-state index < -0.39 is 10.0 Å². The number of amides is 1. The summed E-state index contributed by atoms with van der Waals surface area (Å²) >= 11 is 1.01. The molecule has 2 aromatic rings. The van der Waals surface area contributed by atoms with E-state index in [1.807, 2.05) is 4.90 Å². The third-order valence-electron chi connectivity index (χ3n) is 5.69. The predicted molar refractivity (Wildman–Crippen MR) is 104 cm³/mol. The summed E-state index contributed by atoms with van der Waals surface area (Å²) in [5.41, 5.74) is 1.01. The molecule has 0 unspecified atom stereocenters. The summed E-state index contributed by atoms with van der Waals surface area (Å²) in [7, 11) is -3.70. The Bertz CT molecular complexity index is 943. The predicted octanol–water partition coefficient (Wildman–Crippen LogP) is 2.49. The second-order valence-electron chi connectivity index (χ2n) is 7.47. The Morgan fingerprint density at radius 3 is 2.81 bits per heavy atom. The van der Waals surface area contributed by atoms with E-state index in [9.17, 15) is 13.2 Å². The molecular formula is C18H24N4O3S2. The first-order chi connectivity index (χ1) is 13.0. The molecule has 2 aliphatic heterocycles. The molecule has 9 heteroatoms. The zero-order chi connectivity index (χ0) is 19.0. The number of rotatable bonds is 3. The van der Waals surface area contributed by atoms with Gasteiger partial charge in [0.1, 0.15) is 15.9 Å². The van der Waals surface area contributed by atoms with Gasteiger partial charge in [0.05, 0.1) is 17.6 Å². The summed E-state index contributed by atoms with van der Waals surface area (Å²) < 4.78 is 36.3. The Hall–Kier alpha value is -1.58. The summed E-state index contributed by atoms with van der Waals surface area (Å²) in [6, 6.07) is 5.28. The maximum absolute atomic E-state index is 13.2. The highest BCUT2D eigenvalue weighted by atomic mass is 32.2. The molecule has 0 bridgehead atoms. The molecular weight excluding hydrogens is 384 g/mol. The summed E-state index contributed by atoms with van der Waals surface area (Å²) in [5, 5.41) is 0. The zero-order valence-corrected chi connectivity index (χ0v) is 17.0. The lowest BCUT2D eigenvalue weighted by Crippen LogP contribution is -2.50. The highest BCUT2D eigenvalue weighted by Gasteiger charge is 2.37. The van der Waals surface area contributed by atoms with E-state index in [4.69, 9.17) is 0 Å². The largest absolute Gasteiger partial charge is 0.340 e. The van der Waals surface area contributed by atoms with Gasteiger partial charge in [0.15, 0.2) is 0 Å². The van der Waals surface area contributed by atoms with Gasteiger partial charge in [-0.15, -0.1) is 0 Å². The van der Waals surface area contributed by atoms with Crippen LogP contribution >= 0.6 is 11.7 Å². The van der Waals surface area contributed by atoms with Crippen molar-refractivity contribution in [1.82, 2.24) is 18.0 Å². The second kappa shape index (κ2) is 7.44. The minimum Gasteiger partial charge on any atom is -0.340 e. The first-order valence-corrected chi connectivity index (χ1v) is 11.7. The number of carbonyl (C=O) groups is 1. The summed E-state index contributed by atoms with van der Waals surface area (Å²) in [6.45, 7) is 3.56. The Kier molecular flexibility index (Phi) is 5.17. The molecule has 3 heterocycles. The Morgan fingerprint density at radius 1 is 1.15 bits per heavy atom. The van der Waals surface area contributed by atoms with Gasteiger partial charge in [-0.3, -0.25) is 4.79 Å². The Morgan fingerprint density at radius 2 is 2.00 bits per heavy atom. The molecule has 0 aliphatic carbocycles. The van der Waals surface area contributed by atoms with Crippen molar-refractivity contribution in [3.63, 3.8) is 0 Å². The van der Waals surface area contributed by atoms with Gasteiger partial charge in [-0.05, 0) is 51.2 Å². The molecule has 27 heavy (non-hydrogen) atoms. The summed E-state index contributed by atoms with van der Waals surface area (Å²) in [6.07, 6.45) is 4.66. The first-order valence-electron chi connectivity index (χ1n) is 9.50. The molecule has 1 aromatic carbocycles. The second-order valence-corrected chi connectivity index (χ2v) is 9.90. The van der Waals surface area contributed by atoms with Crippen LogP contribution < -0.4 is 0 Å². The number of fused-ring (bicyclic) bond motifs is 1. The molecule has 2 atom stereocenters. The highest BCUT2D eigenvalue weighted by Crippen LogP contribution is 2.30. The standard InChI is InChI=1S/C18H24N4O3S2/c1-13-6-2-3-11-22(13)18(23)14-7-5-10-21(12-14)27(24,25)16-9-4-8-15-17(16)20-26-19-15/h4,8-9,13-14H,2-3,5-7,10-12H2,1H3/t13-,14-/m1/s1. The molecule has 0 radical (unpaired) electrons. The molecule has 2 saturated heterocycles. The van der Waals surface area contributed by atoms with Gasteiger partial charge in [0.2, 0.25) is 15.9 Å². The molecule has 0 N–H and O–H groups in total. The van der Waals surface area contributed by atoms with Crippen molar-refractivity contribution < 1.29 is 13.2 Å². The monoisotopic (exact) mass is 408 g/mol. The van der Waals surface area contributed by atoms with Crippen LogP contribution in [0, 0.1) is 5.92 Å². The van der Waals surface area contributed by atoms with E-state index in [-0.39, 0.29) is 29.3 Å². The van der Waals surface area contributed by atoms with Gasteiger partial charge in [-0.2, -0.15) is 13.1 Å². The molecule has 7 nitrogen and oxygen atoms in total. The van der Waals surface area contributed by atoms with Crippen molar-refractivity contribution in [3.05, 3.63) is 18.2 Å². The van der Waals surface area contributed by atoms with E-state index in [0.717, 1.165) is 44.0 Å². The normalized spacial score (nSPS) is 25.0. The smallest absolute Gasteiger partial charge is 0.245 e. The van der Waals surface area contributed by atoms with E-state index in [1.54, 1.807) is 18.2 Å². The van der Waals surface area contributed by atoms with Gasteiger partial charge in [0, 0.05) is 25.7 Å². The van der Waals surface area contributed by atoms with Crippen LogP contribution in [0.5, 0.6) is 0 Å².